The number of hydrogen-bond donors (Lipinski definition) is 1. The van der Waals surface area contributed by atoms with Gasteiger partial charge in [-0.05, 0) is 28.7 Å². The van der Waals surface area contributed by atoms with Gasteiger partial charge in [0.2, 0.25) is 0 Å². The first-order valence-corrected chi connectivity index (χ1v) is 4.19. The van der Waals surface area contributed by atoms with Gasteiger partial charge >= 0.3 is 0 Å². The molecular weight excluding hydrogens is 253 g/mol. The molecule has 0 aromatic carbocycles. The summed E-state index contributed by atoms with van der Waals surface area (Å²) in [6, 6.07) is 1.94. The Hall–Kier alpha value is -0.650. The Morgan fingerprint density at radius 2 is 2.55 bits per heavy atom. The van der Waals surface area contributed by atoms with Crippen LogP contribution in [-0.2, 0) is 0 Å². The Morgan fingerprint density at radius 3 is 3.18 bits per heavy atom. The summed E-state index contributed by atoms with van der Waals surface area (Å²) >= 11 is 2.24. The average molecular weight is 261 g/mol. The SMILES string of the molecule is C/N=C\Nc1cnccc1I. The second-order valence-electron chi connectivity index (χ2n) is 1.89. The molecule has 0 spiro atoms. The number of aromatic nitrogens is 1. The molecule has 0 unspecified atom stereocenters. The molecule has 1 aromatic heterocycles. The molecule has 1 aromatic rings. The van der Waals surface area contributed by atoms with Crippen molar-refractivity contribution in [3.05, 3.63) is 22.0 Å². The maximum absolute atomic E-state index is 3.97. The molecule has 1 rings (SSSR count). The second-order valence-corrected chi connectivity index (χ2v) is 3.05. The van der Waals surface area contributed by atoms with E-state index in [2.05, 4.69) is 37.9 Å². The number of hydrogen-bond acceptors (Lipinski definition) is 2. The van der Waals surface area contributed by atoms with Gasteiger partial charge in [-0.1, -0.05) is 0 Å². The molecule has 0 atom stereocenters. The Balaban J connectivity index is 2.77. The minimum Gasteiger partial charge on any atom is -0.345 e. The topological polar surface area (TPSA) is 37.3 Å². The molecule has 1 N–H and O–H groups in total. The number of pyridine rings is 1. The molecule has 0 aliphatic heterocycles. The van der Waals surface area contributed by atoms with Crippen LogP contribution in [0.4, 0.5) is 5.69 Å². The first-order chi connectivity index (χ1) is 5.34. The maximum atomic E-state index is 3.97. The molecule has 0 saturated heterocycles. The minimum atomic E-state index is 0.985. The van der Waals surface area contributed by atoms with Gasteiger partial charge in [0.1, 0.15) is 0 Å². The summed E-state index contributed by atoms with van der Waals surface area (Å²) in [6.45, 7) is 0. The Labute approximate surface area is 79.1 Å². The monoisotopic (exact) mass is 261 g/mol. The van der Waals surface area contributed by atoms with Crippen LogP contribution in [0, 0.1) is 3.57 Å². The van der Waals surface area contributed by atoms with Crippen molar-refractivity contribution in [3.63, 3.8) is 0 Å². The van der Waals surface area contributed by atoms with Crippen molar-refractivity contribution >= 4 is 34.6 Å². The zero-order valence-electron chi connectivity index (χ0n) is 6.08. The molecule has 0 amide bonds. The average Bonchev–Trinajstić information content (AvgIpc) is 2.03. The predicted octanol–water partition coefficient (Wildman–Crippen LogP) is 1.76. The van der Waals surface area contributed by atoms with Gasteiger partial charge in [0.05, 0.1) is 18.2 Å². The fraction of sp³-hybridized carbons (Fsp3) is 0.143. The first-order valence-electron chi connectivity index (χ1n) is 3.11. The zero-order valence-corrected chi connectivity index (χ0v) is 8.24. The first kappa shape index (κ1) is 8.45. The predicted molar refractivity (Wildman–Crippen MR) is 55.0 cm³/mol. The Bertz CT molecular complexity index is 260. The molecule has 0 radical (unpaired) electrons. The van der Waals surface area contributed by atoms with Crippen LogP contribution in [0.1, 0.15) is 0 Å². The number of anilines is 1. The molecule has 0 aliphatic rings. The maximum Gasteiger partial charge on any atom is 0.0865 e. The van der Waals surface area contributed by atoms with Crippen LogP contribution in [0.15, 0.2) is 23.5 Å². The molecule has 1 heterocycles. The fourth-order valence-corrected chi connectivity index (χ4v) is 1.07. The van der Waals surface area contributed by atoms with E-state index in [1.807, 2.05) is 6.07 Å². The van der Waals surface area contributed by atoms with Crippen molar-refractivity contribution in [3.8, 4) is 0 Å². The van der Waals surface area contributed by atoms with Gasteiger partial charge in [-0.2, -0.15) is 0 Å². The third kappa shape index (κ3) is 2.45. The largest absolute Gasteiger partial charge is 0.345 e. The van der Waals surface area contributed by atoms with E-state index in [1.54, 1.807) is 25.8 Å². The van der Waals surface area contributed by atoms with Crippen LogP contribution in [0.5, 0.6) is 0 Å². The van der Waals surface area contributed by atoms with Gasteiger partial charge in [0.15, 0.2) is 0 Å². The lowest BCUT2D eigenvalue weighted by molar-refractivity contribution is 1.31. The van der Waals surface area contributed by atoms with Crippen molar-refractivity contribution in [2.24, 2.45) is 4.99 Å². The summed E-state index contributed by atoms with van der Waals surface area (Å²) < 4.78 is 1.14. The molecule has 0 saturated carbocycles. The summed E-state index contributed by atoms with van der Waals surface area (Å²) in [5.74, 6) is 0. The van der Waals surface area contributed by atoms with Crippen molar-refractivity contribution in [1.82, 2.24) is 4.98 Å². The summed E-state index contributed by atoms with van der Waals surface area (Å²) in [7, 11) is 1.72. The van der Waals surface area contributed by atoms with Crippen LogP contribution >= 0.6 is 22.6 Å². The zero-order chi connectivity index (χ0) is 8.10. The van der Waals surface area contributed by atoms with Gasteiger partial charge in [0.25, 0.3) is 0 Å². The third-order valence-electron chi connectivity index (χ3n) is 1.12. The molecule has 11 heavy (non-hydrogen) atoms. The lowest BCUT2D eigenvalue weighted by Crippen LogP contribution is -1.96. The second kappa shape index (κ2) is 4.27. The van der Waals surface area contributed by atoms with Crippen molar-refractivity contribution in [2.75, 3.05) is 12.4 Å². The molecule has 0 fully saturated rings. The lowest BCUT2D eigenvalue weighted by Gasteiger charge is -2.00. The molecular formula is C7H8IN3. The highest BCUT2D eigenvalue weighted by Gasteiger charge is 1.93. The number of rotatable bonds is 2. The van der Waals surface area contributed by atoms with E-state index >= 15 is 0 Å². The third-order valence-corrected chi connectivity index (χ3v) is 2.06. The Morgan fingerprint density at radius 1 is 1.73 bits per heavy atom. The highest BCUT2D eigenvalue weighted by molar-refractivity contribution is 14.1. The van der Waals surface area contributed by atoms with E-state index in [4.69, 9.17) is 0 Å². The summed E-state index contributed by atoms with van der Waals surface area (Å²) in [5, 5.41) is 3.00. The van der Waals surface area contributed by atoms with E-state index < -0.39 is 0 Å². The van der Waals surface area contributed by atoms with Crippen molar-refractivity contribution in [2.45, 2.75) is 0 Å². The molecule has 58 valence electrons. The van der Waals surface area contributed by atoms with Gasteiger partial charge in [-0.3, -0.25) is 9.98 Å². The highest BCUT2D eigenvalue weighted by Crippen LogP contribution is 2.13. The van der Waals surface area contributed by atoms with Gasteiger partial charge < -0.3 is 5.32 Å². The smallest absolute Gasteiger partial charge is 0.0865 e. The standard InChI is InChI=1S/C7H8IN3/c1-9-5-11-7-4-10-3-2-6(7)8/h2-5H,1H3,(H,9,11). The van der Waals surface area contributed by atoms with E-state index in [0.717, 1.165) is 9.26 Å². The lowest BCUT2D eigenvalue weighted by atomic mass is 10.4. The highest BCUT2D eigenvalue weighted by atomic mass is 127. The molecule has 0 aliphatic carbocycles. The van der Waals surface area contributed by atoms with Crippen molar-refractivity contribution < 1.29 is 0 Å². The van der Waals surface area contributed by atoms with Crippen LogP contribution in [0.3, 0.4) is 0 Å². The van der Waals surface area contributed by atoms with E-state index in [-0.39, 0.29) is 0 Å². The number of nitrogens with zero attached hydrogens (tertiary/aromatic N) is 2. The number of aliphatic imine (C=N–C) groups is 1. The minimum absolute atomic E-state index is 0.985. The molecule has 3 nitrogen and oxygen atoms in total. The Kier molecular flexibility index (Phi) is 3.28. The molecule has 4 heteroatoms. The van der Waals surface area contributed by atoms with Gasteiger partial charge in [-0.25, -0.2) is 0 Å². The number of halogens is 1. The quantitative estimate of drug-likeness (QED) is 0.500. The van der Waals surface area contributed by atoms with Gasteiger partial charge in [-0.15, -0.1) is 0 Å². The van der Waals surface area contributed by atoms with Crippen molar-refractivity contribution in [1.29, 1.82) is 0 Å². The van der Waals surface area contributed by atoms with Crippen LogP contribution in [0.2, 0.25) is 0 Å². The van der Waals surface area contributed by atoms with E-state index in [0.29, 0.717) is 0 Å². The van der Waals surface area contributed by atoms with Crippen LogP contribution < -0.4 is 5.32 Å². The summed E-state index contributed by atoms with van der Waals surface area (Å²) in [6.07, 6.45) is 5.17. The van der Waals surface area contributed by atoms with Crippen LogP contribution in [-0.4, -0.2) is 18.4 Å². The van der Waals surface area contributed by atoms with Gasteiger partial charge in [0, 0.05) is 16.8 Å². The normalized spacial score (nSPS) is 10.4. The van der Waals surface area contributed by atoms with Crippen LogP contribution in [0.25, 0.3) is 0 Å². The molecule has 0 bridgehead atoms. The fourth-order valence-electron chi connectivity index (χ4n) is 0.618. The number of nitrogens with one attached hydrogen (secondary N) is 1. The van der Waals surface area contributed by atoms with E-state index in [1.165, 1.54) is 0 Å². The summed E-state index contributed by atoms with van der Waals surface area (Å²) in [5.41, 5.74) is 0.985. The van der Waals surface area contributed by atoms with E-state index in [9.17, 15) is 0 Å². The summed E-state index contributed by atoms with van der Waals surface area (Å²) in [4.78, 5) is 7.77.